The molecule has 3 heterocycles. The first-order valence-corrected chi connectivity index (χ1v) is 9.71. The second-order valence-electron chi connectivity index (χ2n) is 7.09. The average molecular weight is 347 g/mol. The molecule has 2 aliphatic rings. The van der Waals surface area contributed by atoms with E-state index >= 15 is 0 Å². The maximum atomic E-state index is 5.38. The van der Waals surface area contributed by atoms with Crippen molar-refractivity contribution in [1.29, 1.82) is 0 Å². The molecule has 2 aromatic heterocycles. The molecule has 0 bridgehead atoms. The Balaban J connectivity index is 1.42. The number of rotatable bonds is 4. The number of hydrogen-bond donors (Lipinski definition) is 0. The van der Waals surface area contributed by atoms with Crippen molar-refractivity contribution in [2.24, 2.45) is 0 Å². The zero-order valence-electron chi connectivity index (χ0n) is 14.5. The summed E-state index contributed by atoms with van der Waals surface area (Å²) in [5.41, 5.74) is 1.38. The van der Waals surface area contributed by atoms with Crippen LogP contribution in [-0.2, 0) is 19.4 Å². The number of aryl methyl sites for hydroxylation is 2. The molecular weight excluding hydrogens is 322 g/mol. The summed E-state index contributed by atoms with van der Waals surface area (Å²) >= 11 is 1.96. The number of piperidine rings is 1. The van der Waals surface area contributed by atoms with Gasteiger partial charge in [-0.2, -0.15) is 4.98 Å². The Labute approximate surface area is 146 Å². The Morgan fingerprint density at radius 2 is 2.08 bits per heavy atom. The van der Waals surface area contributed by atoms with Gasteiger partial charge in [0.2, 0.25) is 5.89 Å². The number of thiazole rings is 1. The van der Waals surface area contributed by atoms with Crippen LogP contribution in [0.15, 0.2) is 4.52 Å². The maximum absolute atomic E-state index is 5.38. The van der Waals surface area contributed by atoms with Gasteiger partial charge >= 0.3 is 0 Å². The van der Waals surface area contributed by atoms with E-state index in [1.54, 1.807) is 4.88 Å². The van der Waals surface area contributed by atoms with E-state index in [4.69, 9.17) is 9.51 Å². The summed E-state index contributed by atoms with van der Waals surface area (Å²) in [5, 5.41) is 5.36. The standard InChI is InChI=1S/C17H25N5OS/c1-21(2)17-19-15(23-20-17)11-22-9-5-6-12(10-22)16-18-13-7-3-4-8-14(13)24-16/h12H,3-11H2,1-2H3. The highest BCUT2D eigenvalue weighted by atomic mass is 32.1. The van der Waals surface area contributed by atoms with E-state index in [9.17, 15) is 0 Å². The van der Waals surface area contributed by atoms with Crippen LogP contribution in [0.25, 0.3) is 0 Å². The third-order valence-electron chi connectivity index (χ3n) is 4.93. The largest absolute Gasteiger partial charge is 0.344 e. The molecule has 1 aliphatic heterocycles. The van der Waals surface area contributed by atoms with Crippen LogP contribution in [-0.4, -0.2) is 47.2 Å². The lowest BCUT2D eigenvalue weighted by molar-refractivity contribution is 0.177. The van der Waals surface area contributed by atoms with Gasteiger partial charge in [-0.15, -0.1) is 11.3 Å². The number of anilines is 1. The summed E-state index contributed by atoms with van der Waals surface area (Å²) in [6.45, 7) is 2.88. The molecule has 2 aromatic rings. The number of hydrogen-bond acceptors (Lipinski definition) is 7. The van der Waals surface area contributed by atoms with E-state index in [1.165, 1.54) is 49.2 Å². The number of aromatic nitrogens is 3. The smallest absolute Gasteiger partial charge is 0.265 e. The van der Waals surface area contributed by atoms with Gasteiger partial charge in [-0.1, -0.05) is 0 Å². The van der Waals surface area contributed by atoms with Gasteiger partial charge in [-0.05, 0) is 50.2 Å². The summed E-state index contributed by atoms with van der Waals surface area (Å²) in [5.74, 6) is 1.91. The first kappa shape index (κ1) is 16.0. The molecule has 0 N–H and O–H groups in total. The van der Waals surface area contributed by atoms with Gasteiger partial charge < -0.3 is 9.42 Å². The Morgan fingerprint density at radius 1 is 1.21 bits per heavy atom. The first-order valence-electron chi connectivity index (χ1n) is 8.90. The molecule has 1 aliphatic carbocycles. The highest BCUT2D eigenvalue weighted by Gasteiger charge is 2.27. The van der Waals surface area contributed by atoms with Crippen LogP contribution in [0, 0.1) is 0 Å². The minimum absolute atomic E-state index is 0.561. The fourth-order valence-corrected chi connectivity index (χ4v) is 4.91. The Morgan fingerprint density at radius 3 is 2.88 bits per heavy atom. The zero-order chi connectivity index (χ0) is 16.5. The second kappa shape index (κ2) is 6.80. The van der Waals surface area contributed by atoms with E-state index in [0.717, 1.165) is 19.6 Å². The second-order valence-corrected chi connectivity index (χ2v) is 8.20. The maximum Gasteiger partial charge on any atom is 0.265 e. The van der Waals surface area contributed by atoms with E-state index in [1.807, 2.05) is 30.3 Å². The molecule has 130 valence electrons. The van der Waals surface area contributed by atoms with Gasteiger partial charge in [0.1, 0.15) is 0 Å². The van der Waals surface area contributed by atoms with Gasteiger partial charge in [-0.3, -0.25) is 4.90 Å². The molecule has 1 atom stereocenters. The zero-order valence-corrected chi connectivity index (χ0v) is 15.3. The Kier molecular flexibility index (Phi) is 4.54. The number of fused-ring (bicyclic) bond motifs is 1. The van der Waals surface area contributed by atoms with Crippen LogP contribution in [0.4, 0.5) is 5.95 Å². The van der Waals surface area contributed by atoms with Crippen molar-refractivity contribution in [2.45, 2.75) is 51.0 Å². The van der Waals surface area contributed by atoms with Crippen LogP contribution in [0.3, 0.4) is 0 Å². The van der Waals surface area contributed by atoms with Crippen LogP contribution in [0.5, 0.6) is 0 Å². The minimum atomic E-state index is 0.561. The molecule has 1 unspecified atom stereocenters. The molecule has 0 spiro atoms. The Hall–Kier alpha value is -1.47. The fourth-order valence-electron chi connectivity index (χ4n) is 3.63. The van der Waals surface area contributed by atoms with Crippen molar-refractivity contribution in [3.8, 4) is 0 Å². The Bertz CT molecular complexity index is 671. The average Bonchev–Trinajstić information content (AvgIpc) is 3.21. The van der Waals surface area contributed by atoms with Crippen molar-refractivity contribution in [3.05, 3.63) is 21.5 Å². The lowest BCUT2D eigenvalue weighted by Crippen LogP contribution is -2.34. The van der Waals surface area contributed by atoms with Gasteiger partial charge in [0.15, 0.2) is 0 Å². The highest BCUT2D eigenvalue weighted by molar-refractivity contribution is 7.11. The van der Waals surface area contributed by atoms with Crippen LogP contribution in [0.1, 0.15) is 53.1 Å². The molecule has 0 aromatic carbocycles. The van der Waals surface area contributed by atoms with E-state index in [0.29, 0.717) is 17.8 Å². The van der Waals surface area contributed by atoms with Crippen molar-refractivity contribution in [2.75, 3.05) is 32.1 Å². The molecule has 1 fully saturated rings. The molecule has 1 saturated heterocycles. The summed E-state index contributed by atoms with van der Waals surface area (Å²) < 4.78 is 5.38. The monoisotopic (exact) mass is 347 g/mol. The molecule has 6 nitrogen and oxygen atoms in total. The lowest BCUT2D eigenvalue weighted by Gasteiger charge is -2.30. The summed E-state index contributed by atoms with van der Waals surface area (Å²) in [6.07, 6.45) is 7.50. The quantitative estimate of drug-likeness (QED) is 0.848. The molecule has 0 saturated carbocycles. The number of nitrogens with zero attached hydrogens (tertiary/aromatic N) is 5. The molecule has 4 rings (SSSR count). The first-order chi connectivity index (χ1) is 11.7. The molecule has 0 radical (unpaired) electrons. The number of likely N-dealkylation sites (tertiary alicyclic amines) is 1. The fraction of sp³-hybridized carbons (Fsp3) is 0.706. The van der Waals surface area contributed by atoms with E-state index in [-0.39, 0.29) is 0 Å². The third-order valence-corrected chi connectivity index (χ3v) is 6.25. The normalized spacial score (nSPS) is 21.7. The SMILES string of the molecule is CN(C)c1noc(CN2CCCC(c3nc4c(s3)CCCC4)C2)n1. The topological polar surface area (TPSA) is 58.3 Å². The van der Waals surface area contributed by atoms with E-state index in [2.05, 4.69) is 15.0 Å². The van der Waals surface area contributed by atoms with E-state index < -0.39 is 0 Å². The molecule has 24 heavy (non-hydrogen) atoms. The third kappa shape index (κ3) is 3.32. The van der Waals surface area contributed by atoms with Crippen molar-refractivity contribution in [1.82, 2.24) is 20.0 Å². The van der Waals surface area contributed by atoms with Gasteiger partial charge in [0, 0.05) is 31.4 Å². The predicted molar refractivity (Wildman–Crippen MR) is 94.6 cm³/mol. The van der Waals surface area contributed by atoms with Crippen LogP contribution in [0.2, 0.25) is 0 Å². The van der Waals surface area contributed by atoms with Crippen LogP contribution < -0.4 is 4.90 Å². The van der Waals surface area contributed by atoms with Crippen molar-refractivity contribution in [3.63, 3.8) is 0 Å². The molecule has 7 heteroatoms. The van der Waals surface area contributed by atoms with Gasteiger partial charge in [0.05, 0.1) is 17.2 Å². The van der Waals surface area contributed by atoms with Gasteiger partial charge in [-0.25, -0.2) is 4.98 Å². The molecular formula is C17H25N5OS. The van der Waals surface area contributed by atoms with Crippen molar-refractivity contribution >= 4 is 17.3 Å². The minimum Gasteiger partial charge on any atom is -0.344 e. The highest BCUT2D eigenvalue weighted by Crippen LogP contribution is 2.34. The summed E-state index contributed by atoms with van der Waals surface area (Å²) in [6, 6.07) is 0. The van der Waals surface area contributed by atoms with Crippen LogP contribution >= 0.6 is 11.3 Å². The lowest BCUT2D eigenvalue weighted by atomic mass is 9.98. The van der Waals surface area contributed by atoms with Gasteiger partial charge in [0.25, 0.3) is 5.95 Å². The summed E-state index contributed by atoms with van der Waals surface area (Å²) in [7, 11) is 3.85. The molecule has 0 amide bonds. The van der Waals surface area contributed by atoms with Crippen molar-refractivity contribution < 1.29 is 4.52 Å². The predicted octanol–water partition coefficient (Wildman–Crippen LogP) is 2.85. The summed E-state index contributed by atoms with van der Waals surface area (Å²) in [4.78, 5) is 15.3.